The molecule has 0 radical (unpaired) electrons. The number of nitrogens with zero attached hydrogens (tertiary/aromatic N) is 2. The molecular formula is C17H22ClN3. The van der Waals surface area contributed by atoms with Crippen molar-refractivity contribution < 1.29 is 0 Å². The Morgan fingerprint density at radius 1 is 1.43 bits per heavy atom. The summed E-state index contributed by atoms with van der Waals surface area (Å²) < 4.78 is 0. The Kier molecular flexibility index (Phi) is 4.43. The molecule has 0 spiro atoms. The molecule has 2 aromatic rings. The van der Waals surface area contributed by atoms with Gasteiger partial charge in [-0.3, -0.25) is 4.90 Å². The molecule has 21 heavy (non-hydrogen) atoms. The van der Waals surface area contributed by atoms with E-state index in [-0.39, 0.29) is 6.04 Å². The molecule has 4 heteroatoms. The molecule has 0 saturated carbocycles. The van der Waals surface area contributed by atoms with Crippen molar-refractivity contribution in [1.82, 2.24) is 9.88 Å². The van der Waals surface area contributed by atoms with Gasteiger partial charge in [-0.1, -0.05) is 29.8 Å². The van der Waals surface area contributed by atoms with E-state index in [1.54, 1.807) is 0 Å². The van der Waals surface area contributed by atoms with Crippen LogP contribution in [0.1, 0.15) is 25.3 Å². The molecule has 2 unspecified atom stereocenters. The molecule has 2 atom stereocenters. The second kappa shape index (κ2) is 6.30. The Bertz CT molecular complexity index is 626. The molecule has 1 fully saturated rings. The van der Waals surface area contributed by atoms with Crippen molar-refractivity contribution in [3.8, 4) is 0 Å². The lowest BCUT2D eigenvalue weighted by atomic mass is 9.92. The number of halogens is 1. The highest BCUT2D eigenvalue weighted by atomic mass is 35.5. The van der Waals surface area contributed by atoms with Crippen LogP contribution in [0.15, 0.2) is 30.3 Å². The number of fused-ring (bicyclic) bond motifs is 1. The Morgan fingerprint density at radius 3 is 3.05 bits per heavy atom. The van der Waals surface area contributed by atoms with E-state index >= 15 is 0 Å². The zero-order chi connectivity index (χ0) is 14.8. The van der Waals surface area contributed by atoms with Crippen LogP contribution >= 0.6 is 11.6 Å². The third-order valence-corrected chi connectivity index (χ3v) is 4.76. The van der Waals surface area contributed by atoms with Gasteiger partial charge >= 0.3 is 0 Å². The average Bonchev–Trinajstić information content (AvgIpc) is 2.48. The van der Waals surface area contributed by atoms with Gasteiger partial charge in [-0.2, -0.15) is 0 Å². The predicted molar refractivity (Wildman–Crippen MR) is 88.4 cm³/mol. The molecule has 2 N–H and O–H groups in total. The molecule has 1 aliphatic heterocycles. The second-order valence-electron chi connectivity index (χ2n) is 6.13. The Hall–Kier alpha value is -1.16. The number of hydrogen-bond donors (Lipinski definition) is 1. The van der Waals surface area contributed by atoms with E-state index in [4.69, 9.17) is 17.3 Å². The SMILES string of the molecule is CC(N)C1CCCN(Cc2cc3ccccc3nc2Cl)C1. The van der Waals surface area contributed by atoms with E-state index < -0.39 is 0 Å². The third kappa shape index (κ3) is 3.37. The van der Waals surface area contributed by atoms with Crippen molar-refractivity contribution >= 4 is 22.5 Å². The van der Waals surface area contributed by atoms with Gasteiger partial charge in [0.1, 0.15) is 5.15 Å². The smallest absolute Gasteiger partial charge is 0.134 e. The summed E-state index contributed by atoms with van der Waals surface area (Å²) in [6.45, 7) is 5.14. The van der Waals surface area contributed by atoms with Gasteiger partial charge in [0.2, 0.25) is 0 Å². The van der Waals surface area contributed by atoms with Gasteiger partial charge in [-0.05, 0) is 44.4 Å². The van der Waals surface area contributed by atoms with Crippen molar-refractivity contribution in [2.75, 3.05) is 13.1 Å². The van der Waals surface area contributed by atoms with Gasteiger partial charge in [0.25, 0.3) is 0 Å². The van der Waals surface area contributed by atoms with Gasteiger partial charge in [0.05, 0.1) is 5.52 Å². The molecule has 2 heterocycles. The fraction of sp³-hybridized carbons (Fsp3) is 0.471. The summed E-state index contributed by atoms with van der Waals surface area (Å²) in [5.74, 6) is 0.589. The highest BCUT2D eigenvalue weighted by Gasteiger charge is 2.23. The first-order chi connectivity index (χ1) is 10.1. The maximum atomic E-state index is 6.36. The first-order valence-corrected chi connectivity index (χ1v) is 8.03. The molecule has 112 valence electrons. The van der Waals surface area contributed by atoms with Gasteiger partial charge in [0, 0.05) is 30.1 Å². The monoisotopic (exact) mass is 303 g/mol. The average molecular weight is 304 g/mol. The molecule has 3 rings (SSSR count). The van der Waals surface area contributed by atoms with Crippen LogP contribution in [-0.4, -0.2) is 29.0 Å². The quantitative estimate of drug-likeness (QED) is 0.883. The van der Waals surface area contributed by atoms with E-state index in [1.807, 2.05) is 18.2 Å². The van der Waals surface area contributed by atoms with Crippen molar-refractivity contribution in [2.24, 2.45) is 11.7 Å². The summed E-state index contributed by atoms with van der Waals surface area (Å²) in [5, 5.41) is 1.77. The molecule has 1 aromatic carbocycles. The number of nitrogens with two attached hydrogens (primary N) is 1. The topological polar surface area (TPSA) is 42.1 Å². The largest absolute Gasteiger partial charge is 0.328 e. The molecule has 0 amide bonds. The zero-order valence-electron chi connectivity index (χ0n) is 12.4. The van der Waals surface area contributed by atoms with Crippen LogP contribution in [0, 0.1) is 5.92 Å². The normalized spacial score (nSPS) is 21.6. The number of piperidine rings is 1. The molecule has 0 bridgehead atoms. The Labute approximate surface area is 131 Å². The first-order valence-electron chi connectivity index (χ1n) is 7.65. The number of hydrogen-bond acceptors (Lipinski definition) is 3. The van der Waals surface area contributed by atoms with Crippen LogP contribution in [0.2, 0.25) is 5.15 Å². The van der Waals surface area contributed by atoms with Gasteiger partial charge in [-0.25, -0.2) is 4.98 Å². The minimum atomic E-state index is 0.262. The van der Waals surface area contributed by atoms with Crippen LogP contribution in [0.4, 0.5) is 0 Å². The summed E-state index contributed by atoms with van der Waals surface area (Å²) >= 11 is 6.36. The lowest BCUT2D eigenvalue weighted by Gasteiger charge is -2.34. The molecule has 1 aliphatic rings. The standard InChI is InChI=1S/C17H22ClN3/c1-12(19)14-6-4-8-21(10-14)11-15-9-13-5-2-3-7-16(13)20-17(15)18/h2-3,5,7,9,12,14H,4,6,8,10-11,19H2,1H3. The minimum Gasteiger partial charge on any atom is -0.328 e. The van der Waals surface area contributed by atoms with Gasteiger partial charge in [0.15, 0.2) is 0 Å². The van der Waals surface area contributed by atoms with E-state index in [2.05, 4.69) is 28.9 Å². The summed E-state index contributed by atoms with van der Waals surface area (Å²) in [5.41, 5.74) is 8.13. The number of benzene rings is 1. The Morgan fingerprint density at radius 2 is 2.24 bits per heavy atom. The highest BCUT2D eigenvalue weighted by Crippen LogP contribution is 2.25. The third-order valence-electron chi connectivity index (χ3n) is 4.43. The van der Waals surface area contributed by atoms with Crippen LogP contribution in [-0.2, 0) is 6.54 Å². The van der Waals surface area contributed by atoms with E-state index in [9.17, 15) is 0 Å². The predicted octanol–water partition coefficient (Wildman–Crippen LogP) is 3.45. The Balaban J connectivity index is 1.79. The fourth-order valence-electron chi connectivity index (χ4n) is 3.15. The molecule has 3 nitrogen and oxygen atoms in total. The van der Waals surface area contributed by atoms with E-state index in [1.165, 1.54) is 12.8 Å². The zero-order valence-corrected chi connectivity index (χ0v) is 13.2. The van der Waals surface area contributed by atoms with Crippen molar-refractivity contribution in [1.29, 1.82) is 0 Å². The lowest BCUT2D eigenvalue weighted by Crippen LogP contribution is -2.41. The summed E-state index contributed by atoms with van der Waals surface area (Å²) in [7, 11) is 0. The van der Waals surface area contributed by atoms with Crippen LogP contribution in [0.5, 0.6) is 0 Å². The van der Waals surface area contributed by atoms with Crippen LogP contribution in [0.25, 0.3) is 10.9 Å². The van der Waals surface area contributed by atoms with Crippen molar-refractivity contribution in [3.63, 3.8) is 0 Å². The lowest BCUT2D eigenvalue weighted by molar-refractivity contribution is 0.154. The van der Waals surface area contributed by atoms with Gasteiger partial charge < -0.3 is 5.73 Å². The van der Waals surface area contributed by atoms with Gasteiger partial charge in [-0.15, -0.1) is 0 Å². The second-order valence-corrected chi connectivity index (χ2v) is 6.49. The number of rotatable bonds is 3. The first kappa shape index (κ1) is 14.8. The molecular weight excluding hydrogens is 282 g/mol. The highest BCUT2D eigenvalue weighted by molar-refractivity contribution is 6.30. The number of pyridine rings is 1. The molecule has 1 aromatic heterocycles. The van der Waals surface area contributed by atoms with E-state index in [0.29, 0.717) is 11.1 Å². The molecule has 1 saturated heterocycles. The number of likely N-dealkylation sites (tertiary alicyclic amines) is 1. The van der Waals surface area contributed by atoms with Crippen LogP contribution < -0.4 is 5.73 Å². The van der Waals surface area contributed by atoms with Crippen molar-refractivity contribution in [3.05, 3.63) is 41.0 Å². The maximum absolute atomic E-state index is 6.36. The fourth-order valence-corrected chi connectivity index (χ4v) is 3.36. The number of aromatic nitrogens is 1. The maximum Gasteiger partial charge on any atom is 0.134 e. The number of para-hydroxylation sites is 1. The summed E-state index contributed by atoms with van der Waals surface area (Å²) in [6.07, 6.45) is 2.45. The molecule has 0 aliphatic carbocycles. The van der Waals surface area contributed by atoms with Crippen molar-refractivity contribution in [2.45, 2.75) is 32.4 Å². The van der Waals surface area contributed by atoms with E-state index in [0.717, 1.165) is 36.1 Å². The summed E-state index contributed by atoms with van der Waals surface area (Å²) in [4.78, 5) is 6.96. The minimum absolute atomic E-state index is 0.262. The summed E-state index contributed by atoms with van der Waals surface area (Å²) in [6, 6.07) is 10.5. The van der Waals surface area contributed by atoms with Crippen LogP contribution in [0.3, 0.4) is 0 Å².